The summed E-state index contributed by atoms with van der Waals surface area (Å²) in [6, 6.07) is 2.77. The minimum atomic E-state index is 0.180. The van der Waals surface area contributed by atoms with Gasteiger partial charge in [-0.15, -0.1) is 11.3 Å². The highest BCUT2D eigenvalue weighted by Crippen LogP contribution is 2.22. The molecule has 19 heavy (non-hydrogen) atoms. The van der Waals surface area contributed by atoms with E-state index in [9.17, 15) is 0 Å². The fraction of sp³-hybridized carbons (Fsp3) is 0.733. The van der Waals surface area contributed by atoms with E-state index in [-0.39, 0.29) is 5.54 Å². The molecule has 1 aromatic rings. The molecule has 0 spiro atoms. The summed E-state index contributed by atoms with van der Waals surface area (Å²) in [5, 5.41) is 5.86. The van der Waals surface area contributed by atoms with Gasteiger partial charge in [0.05, 0.1) is 3.79 Å². The largest absolute Gasteiger partial charge is 0.311 e. The van der Waals surface area contributed by atoms with Gasteiger partial charge in [-0.05, 0) is 66.7 Å². The first-order valence-corrected chi connectivity index (χ1v) is 8.54. The van der Waals surface area contributed by atoms with Crippen LogP contribution in [-0.2, 0) is 6.54 Å². The van der Waals surface area contributed by atoms with Crippen molar-refractivity contribution >= 4 is 27.3 Å². The van der Waals surface area contributed by atoms with Crippen LogP contribution >= 0.6 is 27.3 Å². The molecule has 0 aromatic carbocycles. The first-order chi connectivity index (χ1) is 8.69. The van der Waals surface area contributed by atoms with E-state index in [1.807, 2.05) is 0 Å². The Balaban J connectivity index is 2.60. The van der Waals surface area contributed by atoms with Gasteiger partial charge in [0, 0.05) is 24.7 Å². The summed E-state index contributed by atoms with van der Waals surface area (Å²) >= 11 is 5.29. The number of hydrogen-bond donors (Lipinski definition) is 1. The van der Waals surface area contributed by atoms with Crippen molar-refractivity contribution in [2.45, 2.75) is 52.7 Å². The summed E-state index contributed by atoms with van der Waals surface area (Å²) in [5.74, 6) is 0.641. The second-order valence-corrected chi connectivity index (χ2v) is 8.91. The quantitative estimate of drug-likeness (QED) is 0.823. The summed E-state index contributed by atoms with van der Waals surface area (Å²) in [4.78, 5) is 2.46. The molecule has 1 N–H and O–H groups in total. The van der Waals surface area contributed by atoms with Crippen LogP contribution in [0.2, 0.25) is 0 Å². The van der Waals surface area contributed by atoms with Crippen molar-refractivity contribution in [1.82, 2.24) is 10.2 Å². The molecule has 0 saturated heterocycles. The molecule has 1 unspecified atom stereocenters. The fourth-order valence-corrected chi connectivity index (χ4v) is 3.35. The van der Waals surface area contributed by atoms with E-state index < -0.39 is 0 Å². The fourth-order valence-electron chi connectivity index (χ4n) is 2.15. The van der Waals surface area contributed by atoms with Gasteiger partial charge in [-0.2, -0.15) is 0 Å². The number of likely N-dealkylation sites (N-methyl/N-ethyl adjacent to an activating group) is 1. The lowest BCUT2D eigenvalue weighted by Gasteiger charge is -2.34. The van der Waals surface area contributed by atoms with Gasteiger partial charge in [-0.3, -0.25) is 4.90 Å². The molecular weight excluding hydrogens is 320 g/mol. The maximum Gasteiger partial charge on any atom is 0.0701 e. The molecule has 110 valence electrons. The van der Waals surface area contributed by atoms with Crippen LogP contribution < -0.4 is 5.32 Å². The molecule has 0 amide bonds. The standard InChI is InChI=1S/C15H27BrN2S/c1-11(2)13(8-17-15(3,4)5)18(6)9-12-7-14(16)19-10-12/h7,10-11,13,17H,8-9H2,1-6H3. The Morgan fingerprint density at radius 1 is 1.37 bits per heavy atom. The number of rotatable bonds is 6. The van der Waals surface area contributed by atoms with Crippen molar-refractivity contribution in [3.8, 4) is 0 Å². The lowest BCUT2D eigenvalue weighted by molar-refractivity contribution is 0.170. The second-order valence-electron chi connectivity index (χ2n) is 6.62. The highest BCUT2D eigenvalue weighted by Gasteiger charge is 2.21. The van der Waals surface area contributed by atoms with Crippen LogP contribution in [0.5, 0.6) is 0 Å². The zero-order valence-electron chi connectivity index (χ0n) is 13.0. The number of hydrogen-bond acceptors (Lipinski definition) is 3. The van der Waals surface area contributed by atoms with E-state index in [1.165, 1.54) is 9.35 Å². The van der Waals surface area contributed by atoms with Crippen molar-refractivity contribution < 1.29 is 0 Å². The summed E-state index contributed by atoms with van der Waals surface area (Å²) in [6.07, 6.45) is 0. The van der Waals surface area contributed by atoms with Crippen molar-refractivity contribution in [2.75, 3.05) is 13.6 Å². The average Bonchev–Trinajstić information content (AvgIpc) is 2.61. The first kappa shape index (κ1) is 17.2. The minimum absolute atomic E-state index is 0.180. The molecule has 1 aromatic heterocycles. The lowest BCUT2D eigenvalue weighted by atomic mass is 10.0. The Hall–Kier alpha value is 0.100. The first-order valence-electron chi connectivity index (χ1n) is 6.87. The number of thiophene rings is 1. The molecule has 2 nitrogen and oxygen atoms in total. The molecule has 1 rings (SSSR count). The van der Waals surface area contributed by atoms with Gasteiger partial charge < -0.3 is 5.32 Å². The van der Waals surface area contributed by atoms with E-state index >= 15 is 0 Å². The van der Waals surface area contributed by atoms with Gasteiger partial charge in [0.2, 0.25) is 0 Å². The number of halogens is 1. The molecule has 0 bridgehead atoms. The zero-order chi connectivity index (χ0) is 14.6. The smallest absolute Gasteiger partial charge is 0.0701 e. The molecule has 0 fully saturated rings. The van der Waals surface area contributed by atoms with Gasteiger partial charge in [-0.25, -0.2) is 0 Å². The van der Waals surface area contributed by atoms with Crippen LogP contribution in [-0.4, -0.2) is 30.1 Å². The Labute approximate surface area is 130 Å². The van der Waals surface area contributed by atoms with Crippen LogP contribution in [0.1, 0.15) is 40.2 Å². The van der Waals surface area contributed by atoms with Gasteiger partial charge in [0.25, 0.3) is 0 Å². The molecule has 0 aliphatic heterocycles. The third-order valence-electron chi connectivity index (χ3n) is 3.23. The Kier molecular flexibility index (Phi) is 6.51. The van der Waals surface area contributed by atoms with Gasteiger partial charge in [-0.1, -0.05) is 13.8 Å². The van der Waals surface area contributed by atoms with Crippen molar-refractivity contribution in [3.05, 3.63) is 20.8 Å². The molecule has 0 radical (unpaired) electrons. The van der Waals surface area contributed by atoms with Crippen molar-refractivity contribution in [1.29, 1.82) is 0 Å². The third-order valence-corrected chi connectivity index (χ3v) is 4.78. The predicted octanol–water partition coefficient (Wildman–Crippen LogP) is 4.36. The van der Waals surface area contributed by atoms with E-state index in [2.05, 4.69) is 79.3 Å². The summed E-state index contributed by atoms with van der Waals surface area (Å²) in [5.41, 5.74) is 1.57. The van der Waals surface area contributed by atoms with Crippen molar-refractivity contribution in [2.24, 2.45) is 5.92 Å². The van der Waals surface area contributed by atoms with Crippen LogP contribution in [0, 0.1) is 5.92 Å². The highest BCUT2D eigenvalue weighted by atomic mass is 79.9. The Morgan fingerprint density at radius 2 is 2.00 bits per heavy atom. The van der Waals surface area contributed by atoms with E-state index in [1.54, 1.807) is 11.3 Å². The monoisotopic (exact) mass is 346 g/mol. The molecule has 0 aliphatic rings. The zero-order valence-corrected chi connectivity index (χ0v) is 15.4. The van der Waals surface area contributed by atoms with Crippen LogP contribution in [0.4, 0.5) is 0 Å². The topological polar surface area (TPSA) is 15.3 Å². The van der Waals surface area contributed by atoms with Crippen LogP contribution in [0.15, 0.2) is 15.2 Å². The summed E-state index contributed by atoms with van der Waals surface area (Å²) < 4.78 is 1.21. The van der Waals surface area contributed by atoms with Crippen LogP contribution in [0.3, 0.4) is 0 Å². The third kappa shape index (κ3) is 6.39. The van der Waals surface area contributed by atoms with Crippen LogP contribution in [0.25, 0.3) is 0 Å². The molecule has 1 heterocycles. The SMILES string of the molecule is CC(C)C(CNC(C)(C)C)N(C)Cc1csc(Br)c1. The Bertz CT molecular complexity index is 382. The molecule has 1 atom stereocenters. The molecular formula is C15H27BrN2S. The number of nitrogens with zero attached hydrogens (tertiary/aromatic N) is 1. The van der Waals surface area contributed by atoms with E-state index in [0.29, 0.717) is 12.0 Å². The molecule has 0 aliphatic carbocycles. The van der Waals surface area contributed by atoms with E-state index in [0.717, 1.165) is 13.1 Å². The highest BCUT2D eigenvalue weighted by molar-refractivity contribution is 9.11. The van der Waals surface area contributed by atoms with E-state index in [4.69, 9.17) is 0 Å². The Morgan fingerprint density at radius 3 is 2.42 bits per heavy atom. The summed E-state index contributed by atoms with van der Waals surface area (Å²) in [7, 11) is 2.22. The summed E-state index contributed by atoms with van der Waals surface area (Å²) in [6.45, 7) is 13.3. The second kappa shape index (κ2) is 7.21. The molecule has 0 saturated carbocycles. The normalized spacial score (nSPS) is 14.4. The predicted molar refractivity (Wildman–Crippen MR) is 89.9 cm³/mol. The number of nitrogens with one attached hydrogen (secondary N) is 1. The lowest BCUT2D eigenvalue weighted by Crippen LogP contribution is -2.48. The molecule has 4 heteroatoms. The van der Waals surface area contributed by atoms with Crippen molar-refractivity contribution in [3.63, 3.8) is 0 Å². The maximum absolute atomic E-state index is 3.63. The minimum Gasteiger partial charge on any atom is -0.311 e. The maximum atomic E-state index is 3.63. The van der Waals surface area contributed by atoms with Gasteiger partial charge >= 0.3 is 0 Å². The average molecular weight is 347 g/mol. The van der Waals surface area contributed by atoms with Gasteiger partial charge in [0.1, 0.15) is 0 Å². The van der Waals surface area contributed by atoms with Gasteiger partial charge in [0.15, 0.2) is 0 Å².